The maximum absolute atomic E-state index is 10.2. The Balaban J connectivity index is 0.000001000. The van der Waals surface area contributed by atoms with Crippen molar-refractivity contribution in [2.75, 3.05) is 0 Å². The molecule has 0 heterocycles. The smallest absolute Gasteiger partial charge is 0.150 e. The molecule has 2 nitrogen and oxygen atoms in total. The number of carbonyl (C=O) groups excluding carboxylic acids is 2. The zero-order valence-corrected chi connectivity index (χ0v) is 5.99. The Hall–Kier alpha value is -1.53. The van der Waals surface area contributed by atoms with Gasteiger partial charge < -0.3 is 0 Å². The van der Waals surface area contributed by atoms with Crippen molar-refractivity contribution in [2.45, 2.75) is 0 Å². The molecule has 52 valence electrons. The van der Waals surface area contributed by atoms with Gasteiger partial charge in [0.15, 0.2) is 12.6 Å². The predicted octanol–water partition coefficient (Wildman–Crippen LogP) is 1.31. The van der Waals surface area contributed by atoms with Crippen LogP contribution in [0.1, 0.15) is 20.7 Å². The van der Waals surface area contributed by atoms with Gasteiger partial charge in [-0.15, -0.1) is 0 Å². The standard InChI is InChI=1S/C8H6O2.He/c9-5-7-3-1-2-4-8(7)6-10;/h1-6H;. The van der Waals surface area contributed by atoms with E-state index in [0.29, 0.717) is 23.7 Å². The third kappa shape index (κ3) is 1.95. The van der Waals surface area contributed by atoms with Gasteiger partial charge in [0.05, 0.1) is 0 Å². The first-order valence-electron chi connectivity index (χ1n) is 2.88. The van der Waals surface area contributed by atoms with E-state index in [-0.39, 0.29) is 6.15 Å². The van der Waals surface area contributed by atoms with Crippen molar-refractivity contribution >= 4 is 12.6 Å². The average Bonchev–Trinajstić information content (AvgIpc) is 2.04. The van der Waals surface area contributed by atoms with Crippen molar-refractivity contribution < 1.29 is 15.7 Å². The Kier molecular flexibility index (Phi) is 3.71. The summed E-state index contributed by atoms with van der Waals surface area (Å²) in [6, 6.07) is 6.65. The largest absolute Gasteiger partial charge is 0.298 e. The minimum absolute atomic E-state index is 0. The van der Waals surface area contributed by atoms with Crippen molar-refractivity contribution in [3.05, 3.63) is 35.4 Å². The summed E-state index contributed by atoms with van der Waals surface area (Å²) < 4.78 is 0. The summed E-state index contributed by atoms with van der Waals surface area (Å²) in [5.41, 5.74) is 0.884. The van der Waals surface area contributed by atoms with E-state index in [1.54, 1.807) is 24.3 Å². The van der Waals surface area contributed by atoms with Crippen LogP contribution in [0.4, 0.5) is 0 Å². The van der Waals surface area contributed by atoms with E-state index in [1.165, 1.54) is 0 Å². The topological polar surface area (TPSA) is 34.1 Å². The summed E-state index contributed by atoms with van der Waals surface area (Å²) in [6.45, 7) is 0. The predicted molar refractivity (Wildman–Crippen MR) is 37.2 cm³/mol. The summed E-state index contributed by atoms with van der Waals surface area (Å²) >= 11 is 0. The van der Waals surface area contributed by atoms with Crippen molar-refractivity contribution in [3.63, 3.8) is 0 Å². The quantitative estimate of drug-likeness (QED) is 0.577. The van der Waals surface area contributed by atoms with Crippen molar-refractivity contribution in [1.82, 2.24) is 0 Å². The minimum atomic E-state index is 0. The molecule has 11 heavy (non-hydrogen) atoms. The molecule has 0 amide bonds. The second-order valence-electron chi connectivity index (χ2n) is 1.86. The Morgan fingerprint density at radius 1 is 0.909 bits per heavy atom. The van der Waals surface area contributed by atoms with Gasteiger partial charge in [0.1, 0.15) is 0 Å². The first-order chi connectivity index (χ1) is 4.88. The van der Waals surface area contributed by atoms with Crippen molar-refractivity contribution in [2.24, 2.45) is 0 Å². The molecular weight excluding hydrogens is 132 g/mol. The van der Waals surface area contributed by atoms with E-state index in [9.17, 15) is 9.59 Å². The third-order valence-corrected chi connectivity index (χ3v) is 1.25. The molecule has 0 aliphatic rings. The van der Waals surface area contributed by atoms with Crippen LogP contribution < -0.4 is 0 Å². The Bertz CT molecular complexity index is 231. The molecule has 0 N–H and O–H groups in total. The molecule has 0 atom stereocenters. The van der Waals surface area contributed by atoms with Gasteiger partial charge in [-0.1, -0.05) is 24.3 Å². The molecule has 0 fully saturated rings. The zero-order chi connectivity index (χ0) is 7.40. The summed E-state index contributed by atoms with van der Waals surface area (Å²) in [4.78, 5) is 20.5. The molecule has 1 rings (SSSR count). The van der Waals surface area contributed by atoms with Gasteiger partial charge in [0, 0.05) is 17.3 Å². The number of aldehydes is 2. The number of rotatable bonds is 2. The van der Waals surface area contributed by atoms with Crippen LogP contribution >= 0.6 is 0 Å². The molecule has 0 aliphatic heterocycles. The molecule has 1 aromatic carbocycles. The Labute approximate surface area is 64.6 Å². The maximum atomic E-state index is 10.2. The van der Waals surface area contributed by atoms with Crippen LogP contribution in [0.2, 0.25) is 0 Å². The molecule has 0 aliphatic carbocycles. The molecule has 0 spiro atoms. The molecule has 1 aromatic rings. The molecule has 0 saturated carbocycles. The molecular formula is C8H6HeO2. The van der Waals surface area contributed by atoms with Crippen LogP contribution in [-0.2, 0) is 0 Å². The van der Waals surface area contributed by atoms with Gasteiger partial charge in [-0.3, -0.25) is 9.59 Å². The van der Waals surface area contributed by atoms with Crippen LogP contribution in [0.3, 0.4) is 0 Å². The number of hydrogen-bond acceptors (Lipinski definition) is 2. The fourth-order valence-corrected chi connectivity index (χ4v) is 0.726. The van der Waals surface area contributed by atoms with E-state index < -0.39 is 0 Å². The summed E-state index contributed by atoms with van der Waals surface area (Å²) in [7, 11) is 0. The van der Waals surface area contributed by atoms with Crippen LogP contribution in [0, 0.1) is 6.15 Å². The fraction of sp³-hybridized carbons (Fsp3) is 0. The number of carbonyl (C=O) groups is 2. The first kappa shape index (κ1) is 9.47. The molecule has 0 unspecified atom stereocenters. The number of benzene rings is 1. The second-order valence-corrected chi connectivity index (χ2v) is 1.86. The van der Waals surface area contributed by atoms with Gasteiger partial charge in [0.25, 0.3) is 0 Å². The zero-order valence-electron chi connectivity index (χ0n) is 5.99. The number of hydrogen-bond donors (Lipinski definition) is 0. The third-order valence-electron chi connectivity index (χ3n) is 1.25. The molecule has 3 heteroatoms. The van der Waals surface area contributed by atoms with Crippen LogP contribution in [0.15, 0.2) is 24.3 Å². The van der Waals surface area contributed by atoms with E-state index in [4.69, 9.17) is 0 Å². The van der Waals surface area contributed by atoms with E-state index >= 15 is 0 Å². The summed E-state index contributed by atoms with van der Waals surface area (Å²) in [5.74, 6) is 0. The SMILES string of the molecule is O=Cc1ccccc1C=O.[He]. The Morgan fingerprint density at radius 2 is 1.27 bits per heavy atom. The average molecular weight is 138 g/mol. The molecule has 0 saturated heterocycles. The van der Waals surface area contributed by atoms with Crippen LogP contribution in [0.5, 0.6) is 0 Å². The van der Waals surface area contributed by atoms with Gasteiger partial charge in [-0.25, -0.2) is 0 Å². The minimum Gasteiger partial charge on any atom is -0.298 e. The van der Waals surface area contributed by atoms with Crippen LogP contribution in [-0.4, -0.2) is 12.6 Å². The fourth-order valence-electron chi connectivity index (χ4n) is 0.726. The monoisotopic (exact) mass is 138 g/mol. The summed E-state index contributed by atoms with van der Waals surface area (Å²) in [5, 5.41) is 0. The van der Waals surface area contributed by atoms with E-state index in [2.05, 4.69) is 0 Å². The van der Waals surface area contributed by atoms with Gasteiger partial charge in [-0.05, 0) is 0 Å². The first-order valence-corrected chi connectivity index (χ1v) is 2.88. The van der Waals surface area contributed by atoms with Crippen molar-refractivity contribution in [3.8, 4) is 0 Å². The Morgan fingerprint density at radius 3 is 1.55 bits per heavy atom. The molecule has 0 radical (unpaired) electrons. The second kappa shape index (κ2) is 4.31. The van der Waals surface area contributed by atoms with Crippen molar-refractivity contribution in [1.29, 1.82) is 0 Å². The van der Waals surface area contributed by atoms with E-state index in [0.717, 1.165) is 0 Å². The maximum Gasteiger partial charge on any atom is 0.150 e. The van der Waals surface area contributed by atoms with Crippen LogP contribution in [0.25, 0.3) is 0 Å². The normalized spacial score (nSPS) is 8.00. The van der Waals surface area contributed by atoms with E-state index in [1.807, 2.05) is 0 Å². The van der Waals surface area contributed by atoms with Gasteiger partial charge >= 0.3 is 0 Å². The summed E-state index contributed by atoms with van der Waals surface area (Å²) in [6.07, 6.45) is 1.34. The van der Waals surface area contributed by atoms with Gasteiger partial charge in [-0.2, -0.15) is 0 Å². The molecule has 0 aromatic heterocycles. The molecule has 0 bridgehead atoms. The van der Waals surface area contributed by atoms with Gasteiger partial charge in [0.2, 0.25) is 0 Å².